The van der Waals surface area contributed by atoms with Crippen LogP contribution in [0.5, 0.6) is 0 Å². The first-order valence-corrected chi connectivity index (χ1v) is 8.23. The summed E-state index contributed by atoms with van der Waals surface area (Å²) in [6, 6.07) is 15.2. The minimum absolute atomic E-state index is 0.363. The van der Waals surface area contributed by atoms with Gasteiger partial charge in [0.1, 0.15) is 6.04 Å². The zero-order chi connectivity index (χ0) is 18.4. The van der Waals surface area contributed by atoms with Gasteiger partial charge < -0.3 is 16.2 Å². The van der Waals surface area contributed by atoms with Gasteiger partial charge in [-0.15, -0.1) is 0 Å². The van der Waals surface area contributed by atoms with E-state index in [2.05, 4.69) is 5.32 Å². The fraction of sp³-hybridized carbons (Fsp3) is 0.300. The average Bonchev–Trinajstić information content (AvgIpc) is 2.58. The van der Waals surface area contributed by atoms with Crippen molar-refractivity contribution in [1.82, 2.24) is 5.32 Å². The van der Waals surface area contributed by atoms with Crippen molar-refractivity contribution >= 4 is 11.8 Å². The van der Waals surface area contributed by atoms with E-state index < -0.39 is 17.6 Å². The van der Waals surface area contributed by atoms with Crippen LogP contribution in [-0.2, 0) is 11.2 Å². The normalized spacial score (nSPS) is 12.4. The molecule has 5 nitrogen and oxygen atoms in total. The molecule has 2 aromatic rings. The van der Waals surface area contributed by atoms with Crippen LogP contribution in [0.15, 0.2) is 54.6 Å². The van der Waals surface area contributed by atoms with Crippen LogP contribution in [0.25, 0.3) is 0 Å². The number of benzene rings is 2. The lowest BCUT2D eigenvalue weighted by Crippen LogP contribution is -2.37. The first-order valence-electron chi connectivity index (χ1n) is 8.23. The molecule has 0 fully saturated rings. The third-order valence-corrected chi connectivity index (χ3v) is 3.91. The number of carbonyl (C=O) groups is 2. The lowest BCUT2D eigenvalue weighted by molar-refractivity contribution is -0.120. The molecule has 0 heterocycles. The van der Waals surface area contributed by atoms with Crippen LogP contribution in [-0.4, -0.2) is 22.5 Å². The number of rotatable bonds is 7. The number of carbonyl (C=O) groups excluding carboxylic acids is 2. The summed E-state index contributed by atoms with van der Waals surface area (Å²) in [6.45, 7) is 3.50. The second kappa shape index (κ2) is 7.94. The highest BCUT2D eigenvalue weighted by atomic mass is 16.3. The van der Waals surface area contributed by atoms with E-state index in [9.17, 15) is 14.7 Å². The largest absolute Gasteiger partial charge is 0.390 e. The van der Waals surface area contributed by atoms with Crippen LogP contribution in [0.4, 0.5) is 0 Å². The molecule has 25 heavy (non-hydrogen) atoms. The Labute approximate surface area is 147 Å². The van der Waals surface area contributed by atoms with Gasteiger partial charge in [0.15, 0.2) is 0 Å². The van der Waals surface area contributed by atoms with Crippen LogP contribution < -0.4 is 11.1 Å². The van der Waals surface area contributed by atoms with E-state index in [0.29, 0.717) is 24.0 Å². The Balaban J connectivity index is 2.13. The Kier molecular flexibility index (Phi) is 5.93. The van der Waals surface area contributed by atoms with Gasteiger partial charge in [-0.2, -0.15) is 0 Å². The summed E-state index contributed by atoms with van der Waals surface area (Å²) in [7, 11) is 0. The SMILES string of the molecule is CC(C)(O)CCc1cccc(C(=O)N[C@H](C(N)=O)c2ccccc2)c1. The van der Waals surface area contributed by atoms with E-state index in [1.54, 1.807) is 56.3 Å². The van der Waals surface area contributed by atoms with E-state index >= 15 is 0 Å². The Bertz CT molecular complexity index is 736. The van der Waals surface area contributed by atoms with E-state index in [4.69, 9.17) is 5.73 Å². The quantitative estimate of drug-likeness (QED) is 0.722. The van der Waals surface area contributed by atoms with Gasteiger partial charge >= 0.3 is 0 Å². The lowest BCUT2D eigenvalue weighted by atomic mass is 9.97. The number of aliphatic hydroxyl groups is 1. The summed E-state index contributed by atoms with van der Waals surface area (Å²) in [4.78, 5) is 24.2. The fourth-order valence-corrected chi connectivity index (χ4v) is 2.50. The van der Waals surface area contributed by atoms with E-state index in [1.807, 2.05) is 12.1 Å². The minimum atomic E-state index is -0.881. The van der Waals surface area contributed by atoms with E-state index in [-0.39, 0.29) is 5.91 Å². The molecule has 0 aliphatic heterocycles. The topological polar surface area (TPSA) is 92.4 Å². The van der Waals surface area contributed by atoms with Crippen LogP contribution in [0.2, 0.25) is 0 Å². The van der Waals surface area contributed by atoms with Gasteiger partial charge in [-0.25, -0.2) is 0 Å². The molecule has 0 spiro atoms. The summed E-state index contributed by atoms with van der Waals surface area (Å²) in [5.41, 5.74) is 6.72. The van der Waals surface area contributed by atoms with Gasteiger partial charge in [-0.3, -0.25) is 9.59 Å². The van der Waals surface area contributed by atoms with Crippen molar-refractivity contribution in [3.8, 4) is 0 Å². The first kappa shape index (κ1) is 18.7. The number of nitrogens with two attached hydrogens (primary N) is 1. The second-order valence-electron chi connectivity index (χ2n) is 6.73. The molecule has 2 amide bonds. The van der Waals surface area contributed by atoms with Crippen molar-refractivity contribution in [2.24, 2.45) is 5.73 Å². The molecule has 132 valence electrons. The Morgan fingerprint density at radius 3 is 2.40 bits per heavy atom. The maximum absolute atomic E-state index is 12.5. The molecule has 0 aliphatic rings. The Morgan fingerprint density at radius 1 is 1.12 bits per heavy atom. The molecule has 2 rings (SSSR count). The summed E-state index contributed by atoms with van der Waals surface area (Å²) >= 11 is 0. The molecule has 2 aromatic carbocycles. The van der Waals surface area contributed by atoms with Crippen molar-refractivity contribution in [1.29, 1.82) is 0 Å². The number of aryl methyl sites for hydroxylation is 1. The maximum Gasteiger partial charge on any atom is 0.252 e. The number of hydrogen-bond acceptors (Lipinski definition) is 3. The predicted molar refractivity (Wildman–Crippen MR) is 96.9 cm³/mol. The Morgan fingerprint density at radius 2 is 1.80 bits per heavy atom. The third-order valence-electron chi connectivity index (χ3n) is 3.91. The fourth-order valence-electron chi connectivity index (χ4n) is 2.50. The van der Waals surface area contributed by atoms with Gasteiger partial charge in [0.05, 0.1) is 5.60 Å². The lowest BCUT2D eigenvalue weighted by Gasteiger charge is -2.18. The molecular weight excluding hydrogens is 316 g/mol. The highest BCUT2D eigenvalue weighted by molar-refractivity contribution is 5.97. The molecule has 0 radical (unpaired) electrons. The predicted octanol–water partition coefficient (Wildman–Crippen LogP) is 2.35. The highest BCUT2D eigenvalue weighted by Crippen LogP contribution is 2.16. The zero-order valence-electron chi connectivity index (χ0n) is 14.5. The molecule has 0 saturated heterocycles. The van der Waals surface area contributed by atoms with Gasteiger partial charge in [0.25, 0.3) is 5.91 Å². The van der Waals surface area contributed by atoms with Crippen LogP contribution >= 0.6 is 0 Å². The summed E-state index contributed by atoms with van der Waals surface area (Å²) in [5, 5.41) is 12.5. The van der Waals surface area contributed by atoms with Crippen molar-refractivity contribution in [2.75, 3.05) is 0 Å². The molecule has 0 aromatic heterocycles. The molecule has 0 bridgehead atoms. The van der Waals surface area contributed by atoms with Gasteiger partial charge in [-0.05, 0) is 49.9 Å². The Hall–Kier alpha value is -2.66. The highest BCUT2D eigenvalue weighted by Gasteiger charge is 2.21. The smallest absolute Gasteiger partial charge is 0.252 e. The van der Waals surface area contributed by atoms with Gasteiger partial charge in [-0.1, -0.05) is 42.5 Å². The van der Waals surface area contributed by atoms with Crippen molar-refractivity contribution in [3.63, 3.8) is 0 Å². The molecule has 5 heteroatoms. The zero-order valence-corrected chi connectivity index (χ0v) is 14.5. The minimum Gasteiger partial charge on any atom is -0.390 e. The van der Waals surface area contributed by atoms with Crippen LogP contribution in [0.3, 0.4) is 0 Å². The third kappa shape index (κ3) is 5.72. The molecule has 4 N–H and O–H groups in total. The molecule has 1 atom stereocenters. The van der Waals surface area contributed by atoms with Crippen molar-refractivity contribution in [3.05, 3.63) is 71.3 Å². The van der Waals surface area contributed by atoms with Crippen molar-refractivity contribution in [2.45, 2.75) is 38.3 Å². The number of hydrogen-bond donors (Lipinski definition) is 3. The molecule has 0 unspecified atom stereocenters. The summed E-state index contributed by atoms with van der Waals surface area (Å²) in [6.07, 6.45) is 1.24. The molecule has 0 aliphatic carbocycles. The van der Waals surface area contributed by atoms with Crippen molar-refractivity contribution < 1.29 is 14.7 Å². The molecule has 0 saturated carbocycles. The second-order valence-corrected chi connectivity index (χ2v) is 6.73. The average molecular weight is 340 g/mol. The standard InChI is InChI=1S/C20H24N2O3/c1-20(2,25)12-11-14-7-6-10-16(13-14)19(24)22-17(18(21)23)15-8-4-3-5-9-15/h3-10,13,17,25H,11-12H2,1-2H3,(H2,21,23)(H,22,24)/t17-/m0/s1. The van der Waals surface area contributed by atoms with Crippen LogP contribution in [0, 0.1) is 0 Å². The number of nitrogens with one attached hydrogen (secondary N) is 1. The number of primary amides is 1. The molecular formula is C20H24N2O3. The number of amides is 2. The summed E-state index contributed by atoms with van der Waals surface area (Å²) in [5.74, 6) is -0.976. The maximum atomic E-state index is 12.5. The van der Waals surface area contributed by atoms with Gasteiger partial charge in [0.2, 0.25) is 5.91 Å². The van der Waals surface area contributed by atoms with Gasteiger partial charge in [0, 0.05) is 5.56 Å². The summed E-state index contributed by atoms with van der Waals surface area (Å²) < 4.78 is 0. The van der Waals surface area contributed by atoms with Crippen LogP contribution in [0.1, 0.15) is 47.8 Å². The monoisotopic (exact) mass is 340 g/mol. The van der Waals surface area contributed by atoms with E-state index in [0.717, 1.165) is 5.56 Å². The van der Waals surface area contributed by atoms with E-state index in [1.165, 1.54) is 0 Å². The first-order chi connectivity index (χ1) is 11.8.